The van der Waals surface area contributed by atoms with E-state index in [4.69, 9.17) is 0 Å². The summed E-state index contributed by atoms with van der Waals surface area (Å²) in [6.07, 6.45) is 24.2. The van der Waals surface area contributed by atoms with Crippen LogP contribution in [0.15, 0.2) is 328 Å². The number of hydrogen-bond donors (Lipinski definition) is 0. The minimum atomic E-state index is -0.633. The Hall–Kier alpha value is -11.8. The number of benzene rings is 15. The van der Waals surface area contributed by atoms with Crippen molar-refractivity contribution in [2.45, 2.75) is 181 Å². The van der Waals surface area contributed by atoms with Gasteiger partial charge in [0, 0.05) is 33.5 Å². The van der Waals surface area contributed by atoms with Gasteiger partial charge in [-0.2, -0.15) is 0 Å². The maximum Gasteiger partial charge on any atom is 0.0714 e. The van der Waals surface area contributed by atoms with Crippen molar-refractivity contribution in [2.75, 3.05) is 4.90 Å². The van der Waals surface area contributed by atoms with Gasteiger partial charge in [0.1, 0.15) is 0 Å². The third kappa shape index (κ3) is 14.7. The average Bonchev–Trinajstić information content (AvgIpc) is 1.53. The fourth-order valence-electron chi connectivity index (χ4n) is 20.1. The molecule has 2 heteroatoms. The summed E-state index contributed by atoms with van der Waals surface area (Å²) in [5.74, 6) is 0. The van der Waals surface area contributed by atoms with Crippen molar-refractivity contribution >= 4 is 49.6 Å². The van der Waals surface area contributed by atoms with Gasteiger partial charge in [0.25, 0.3) is 0 Å². The van der Waals surface area contributed by atoms with Crippen molar-refractivity contribution in [1.29, 1.82) is 0 Å². The SMILES string of the molecule is CCCCCCc1ccc(C2(c3ccc(CCCCCC)cc3)c3cc(C)ccc3-c3ccc(N(c4ccc(-c5ccc6c(c5)c5cc(-c7ccccc7)ccc5n6-c5ccc(-c6ccc7ccccc7c6)cc5)cc4)c4ccc5c(c4)C(c4ccc(CCCCCC)cc4)(c4ccc(CCCCCC)cc4)c4cc(C)ccc4-5)cc32)cc1. The van der Waals surface area contributed by atoms with Gasteiger partial charge in [-0.05, 0) is 277 Å². The zero-order valence-electron chi connectivity index (χ0n) is 70.2. The first-order chi connectivity index (χ1) is 58.1. The lowest BCUT2D eigenvalue weighted by atomic mass is 9.67. The van der Waals surface area contributed by atoms with Crippen LogP contribution < -0.4 is 4.90 Å². The van der Waals surface area contributed by atoms with Gasteiger partial charge >= 0.3 is 0 Å². The third-order valence-electron chi connectivity index (χ3n) is 26.4. The summed E-state index contributed by atoms with van der Waals surface area (Å²) in [7, 11) is 0. The molecule has 0 amide bonds. The fourth-order valence-corrected chi connectivity index (χ4v) is 20.1. The second-order valence-electron chi connectivity index (χ2n) is 34.2. The topological polar surface area (TPSA) is 8.17 Å². The molecule has 0 bridgehead atoms. The number of aromatic nitrogens is 1. The van der Waals surface area contributed by atoms with Gasteiger partial charge in [-0.1, -0.05) is 365 Å². The van der Waals surface area contributed by atoms with Gasteiger partial charge in [0.05, 0.1) is 21.9 Å². The summed E-state index contributed by atoms with van der Waals surface area (Å²) >= 11 is 0. The number of nitrogens with zero attached hydrogens (tertiary/aromatic N) is 2. The normalized spacial score (nSPS) is 13.0. The summed E-state index contributed by atoms with van der Waals surface area (Å²) in [6, 6.07) is 128. The lowest BCUT2D eigenvalue weighted by Gasteiger charge is -2.36. The lowest BCUT2D eigenvalue weighted by Crippen LogP contribution is -2.29. The molecule has 15 aromatic carbocycles. The molecule has 2 nitrogen and oxygen atoms in total. The molecule has 118 heavy (non-hydrogen) atoms. The molecule has 0 saturated heterocycles. The molecule has 2 aliphatic rings. The van der Waals surface area contributed by atoms with E-state index >= 15 is 0 Å². The highest BCUT2D eigenvalue weighted by Crippen LogP contribution is 2.61. The Morgan fingerprint density at radius 2 is 0.576 bits per heavy atom. The number of rotatable bonds is 31. The number of fused-ring (bicyclic) bond motifs is 10. The van der Waals surface area contributed by atoms with E-state index in [2.05, 4.69) is 379 Å². The molecule has 1 heterocycles. The second-order valence-corrected chi connectivity index (χ2v) is 34.2. The Labute approximate surface area is 702 Å². The Morgan fingerprint density at radius 1 is 0.246 bits per heavy atom. The smallest absolute Gasteiger partial charge is 0.0714 e. The predicted molar refractivity (Wildman–Crippen MR) is 505 cm³/mol. The van der Waals surface area contributed by atoms with E-state index in [0.717, 1.165) is 54.0 Å². The average molecular weight is 1530 g/mol. The van der Waals surface area contributed by atoms with Crippen molar-refractivity contribution in [3.05, 3.63) is 405 Å². The number of aryl methyl sites for hydroxylation is 6. The van der Waals surface area contributed by atoms with E-state index in [-0.39, 0.29) is 0 Å². The Morgan fingerprint density at radius 3 is 0.983 bits per heavy atom. The van der Waals surface area contributed by atoms with Gasteiger partial charge in [-0.25, -0.2) is 0 Å². The predicted octanol–water partition coefficient (Wildman–Crippen LogP) is 32.2. The van der Waals surface area contributed by atoms with E-state index in [1.807, 2.05) is 0 Å². The minimum absolute atomic E-state index is 0.633. The van der Waals surface area contributed by atoms with Crippen molar-refractivity contribution < 1.29 is 0 Å². The molecule has 18 rings (SSSR count). The zero-order valence-corrected chi connectivity index (χ0v) is 70.2. The Kier molecular flexibility index (Phi) is 22.6. The molecule has 0 fully saturated rings. The number of anilines is 3. The van der Waals surface area contributed by atoms with Gasteiger partial charge in [0.2, 0.25) is 0 Å². The summed E-state index contributed by atoms with van der Waals surface area (Å²) in [5.41, 5.74) is 36.6. The van der Waals surface area contributed by atoms with E-state index in [1.165, 1.54) is 263 Å². The maximum atomic E-state index is 2.61. The molecular weight excluding hydrogens is 1420 g/mol. The van der Waals surface area contributed by atoms with Crippen LogP contribution in [0.3, 0.4) is 0 Å². The molecule has 0 saturated carbocycles. The third-order valence-corrected chi connectivity index (χ3v) is 26.4. The van der Waals surface area contributed by atoms with Crippen molar-refractivity contribution in [1.82, 2.24) is 4.57 Å². The monoisotopic (exact) mass is 1530 g/mol. The molecule has 0 radical (unpaired) electrons. The molecule has 0 unspecified atom stereocenters. The molecule has 2 aliphatic carbocycles. The molecule has 0 spiro atoms. The molecule has 0 atom stereocenters. The minimum Gasteiger partial charge on any atom is -0.310 e. The van der Waals surface area contributed by atoms with Crippen molar-refractivity contribution in [3.63, 3.8) is 0 Å². The summed E-state index contributed by atoms with van der Waals surface area (Å²) in [6.45, 7) is 13.8. The first kappa shape index (κ1) is 77.4. The van der Waals surface area contributed by atoms with E-state index < -0.39 is 10.8 Å². The Bertz CT molecular complexity index is 5880. The summed E-state index contributed by atoms with van der Waals surface area (Å²) in [5, 5.41) is 4.95. The van der Waals surface area contributed by atoms with Crippen LogP contribution in [-0.4, -0.2) is 4.57 Å². The van der Waals surface area contributed by atoms with E-state index in [0.29, 0.717) is 0 Å². The summed E-state index contributed by atoms with van der Waals surface area (Å²) < 4.78 is 2.47. The standard InChI is InChI=1S/C116H112N2/c1-7-11-15-20-28-83-38-54-95(55-39-83)115(96-56-40-84(41-57-96)29-21-16-12-8-2)109-74-81(5)36-68-103(109)105-70-66-101(79-111(105)115)117(102-67-71-106-104-69-37-82(6)75-110(104)116(112(106)80-102,97-58-42-85(43-59-97)30-22-17-13-9-3)98-60-44-86(45-61-98)31-23-18-14-10-4)99-62-48-90(49-63-99)94-53-73-114-108(78-94)107-77-93(87-32-24-19-25-33-87)52-72-113(107)118(114)100-64-50-89(51-65-100)92-47-46-88-34-26-27-35-91(88)76-92/h19,24-27,32-80H,7-18,20-23,28-31H2,1-6H3. The molecule has 586 valence electrons. The van der Waals surface area contributed by atoms with Crippen molar-refractivity contribution in [2.24, 2.45) is 0 Å². The first-order valence-corrected chi connectivity index (χ1v) is 44.7. The van der Waals surface area contributed by atoms with Crippen LogP contribution in [0.25, 0.3) is 93.9 Å². The molecule has 0 N–H and O–H groups in total. The summed E-state index contributed by atoms with van der Waals surface area (Å²) in [4.78, 5) is 2.60. The van der Waals surface area contributed by atoms with E-state index in [1.54, 1.807) is 0 Å². The maximum absolute atomic E-state index is 2.61. The van der Waals surface area contributed by atoms with Crippen LogP contribution in [0.1, 0.15) is 208 Å². The van der Waals surface area contributed by atoms with E-state index in [9.17, 15) is 0 Å². The molecular formula is C116H112N2. The van der Waals surface area contributed by atoms with Crippen molar-refractivity contribution in [3.8, 4) is 61.3 Å². The van der Waals surface area contributed by atoms with Crippen LogP contribution in [0.2, 0.25) is 0 Å². The molecule has 16 aromatic rings. The van der Waals surface area contributed by atoms with Crippen LogP contribution in [0.4, 0.5) is 17.1 Å². The van der Waals surface area contributed by atoms with Gasteiger partial charge in [-0.3, -0.25) is 0 Å². The largest absolute Gasteiger partial charge is 0.310 e. The van der Waals surface area contributed by atoms with Gasteiger partial charge in [0.15, 0.2) is 0 Å². The van der Waals surface area contributed by atoms with Gasteiger partial charge < -0.3 is 9.47 Å². The number of unbranched alkanes of at least 4 members (excludes halogenated alkanes) is 12. The first-order valence-electron chi connectivity index (χ1n) is 44.7. The molecule has 1 aromatic heterocycles. The van der Waals surface area contributed by atoms with Crippen LogP contribution in [-0.2, 0) is 36.5 Å². The van der Waals surface area contributed by atoms with Crippen LogP contribution in [0.5, 0.6) is 0 Å². The van der Waals surface area contributed by atoms with Crippen LogP contribution in [0, 0.1) is 13.8 Å². The second kappa shape index (κ2) is 34.4. The Balaban J connectivity index is 0.822. The quantitative estimate of drug-likeness (QED) is 0.0393. The zero-order chi connectivity index (χ0) is 80.1. The highest BCUT2D eigenvalue weighted by Gasteiger charge is 2.49. The highest BCUT2D eigenvalue weighted by molar-refractivity contribution is 6.12. The van der Waals surface area contributed by atoms with Crippen LogP contribution >= 0.6 is 0 Å². The molecule has 0 aliphatic heterocycles. The lowest BCUT2D eigenvalue weighted by molar-refractivity contribution is 0.666. The number of hydrogen-bond acceptors (Lipinski definition) is 1. The highest BCUT2D eigenvalue weighted by atomic mass is 15.1. The van der Waals surface area contributed by atoms with Gasteiger partial charge in [-0.15, -0.1) is 0 Å². The fraction of sp³-hybridized carbons (Fsp3) is 0.241.